The lowest BCUT2D eigenvalue weighted by Gasteiger charge is -2.10. The number of hydrogen-bond donors (Lipinski definition) is 1. The maximum atomic E-state index is 13.3. The smallest absolute Gasteiger partial charge is 0.126 e. The summed E-state index contributed by atoms with van der Waals surface area (Å²) in [6.07, 6.45) is 2.99. The van der Waals surface area contributed by atoms with Gasteiger partial charge in [-0.1, -0.05) is 18.2 Å². The Hall–Kier alpha value is -0.890. The molecule has 0 unspecified atom stereocenters. The lowest BCUT2D eigenvalue weighted by atomic mass is 9.97. The molecule has 2 atom stereocenters. The molecular formula is C11H14FN. The van der Waals surface area contributed by atoms with Crippen LogP contribution in [0.2, 0.25) is 0 Å². The van der Waals surface area contributed by atoms with Crippen molar-refractivity contribution in [2.24, 2.45) is 5.73 Å². The van der Waals surface area contributed by atoms with Gasteiger partial charge in [0.1, 0.15) is 5.82 Å². The molecule has 0 saturated heterocycles. The van der Waals surface area contributed by atoms with Crippen LogP contribution in [0, 0.1) is 5.82 Å². The minimum absolute atomic E-state index is 0.0819. The molecule has 0 aliphatic heterocycles. The van der Waals surface area contributed by atoms with E-state index in [2.05, 4.69) is 0 Å². The Bertz CT molecular complexity index is 298. The van der Waals surface area contributed by atoms with Crippen molar-refractivity contribution >= 4 is 0 Å². The van der Waals surface area contributed by atoms with Gasteiger partial charge in [-0.2, -0.15) is 0 Å². The first-order chi connectivity index (χ1) is 6.27. The van der Waals surface area contributed by atoms with Crippen molar-refractivity contribution < 1.29 is 4.39 Å². The zero-order valence-corrected chi connectivity index (χ0v) is 7.54. The second-order valence-electron chi connectivity index (χ2n) is 3.79. The average Bonchev–Trinajstić information content (AvgIpc) is 2.53. The fourth-order valence-electron chi connectivity index (χ4n) is 2.11. The van der Waals surface area contributed by atoms with Gasteiger partial charge < -0.3 is 5.73 Å². The van der Waals surface area contributed by atoms with E-state index in [0.717, 1.165) is 24.8 Å². The van der Waals surface area contributed by atoms with E-state index in [1.807, 2.05) is 12.1 Å². The lowest BCUT2D eigenvalue weighted by Crippen LogP contribution is -2.14. The summed E-state index contributed by atoms with van der Waals surface area (Å²) in [7, 11) is 0. The molecule has 2 N–H and O–H groups in total. The van der Waals surface area contributed by atoms with Gasteiger partial charge in [-0.3, -0.25) is 0 Å². The van der Waals surface area contributed by atoms with Crippen molar-refractivity contribution in [1.29, 1.82) is 0 Å². The number of halogens is 1. The normalized spacial score (nSPS) is 27.8. The predicted octanol–water partition coefficient (Wildman–Crippen LogP) is 2.42. The second-order valence-corrected chi connectivity index (χ2v) is 3.79. The first kappa shape index (κ1) is 8.70. The largest absolute Gasteiger partial charge is 0.328 e. The molecule has 1 saturated carbocycles. The Morgan fingerprint density at radius 3 is 2.62 bits per heavy atom. The highest BCUT2D eigenvalue weighted by atomic mass is 19.1. The van der Waals surface area contributed by atoms with Crippen molar-refractivity contribution in [3.8, 4) is 0 Å². The van der Waals surface area contributed by atoms with Crippen LogP contribution in [-0.4, -0.2) is 6.04 Å². The van der Waals surface area contributed by atoms with Gasteiger partial charge in [0.2, 0.25) is 0 Å². The minimum atomic E-state index is -0.0819. The standard InChI is InChI=1S/C11H14FN/c12-11-4-2-1-3-10(11)8-5-6-9(13)7-8/h1-4,8-9H,5-7,13H2/t8-,9-/m1/s1. The number of benzene rings is 1. The topological polar surface area (TPSA) is 26.0 Å². The van der Waals surface area contributed by atoms with E-state index in [1.54, 1.807) is 6.07 Å². The van der Waals surface area contributed by atoms with Crippen molar-refractivity contribution in [2.75, 3.05) is 0 Å². The van der Waals surface area contributed by atoms with Crippen LogP contribution < -0.4 is 5.73 Å². The Kier molecular flexibility index (Phi) is 2.32. The summed E-state index contributed by atoms with van der Waals surface area (Å²) in [6.45, 7) is 0. The Balaban J connectivity index is 2.21. The van der Waals surface area contributed by atoms with Crippen LogP contribution in [0.3, 0.4) is 0 Å². The molecule has 1 fully saturated rings. The molecule has 1 aliphatic carbocycles. The number of rotatable bonds is 1. The highest BCUT2D eigenvalue weighted by Gasteiger charge is 2.24. The van der Waals surface area contributed by atoms with Crippen molar-refractivity contribution in [3.05, 3.63) is 35.6 Å². The molecule has 0 bridgehead atoms. The molecule has 2 rings (SSSR count). The van der Waals surface area contributed by atoms with Crippen molar-refractivity contribution in [3.63, 3.8) is 0 Å². The summed E-state index contributed by atoms with van der Waals surface area (Å²) in [5.41, 5.74) is 6.63. The summed E-state index contributed by atoms with van der Waals surface area (Å²) in [6, 6.07) is 7.29. The van der Waals surface area contributed by atoms with E-state index < -0.39 is 0 Å². The van der Waals surface area contributed by atoms with Gasteiger partial charge in [0.05, 0.1) is 0 Å². The molecule has 0 radical (unpaired) electrons. The molecule has 1 aliphatic rings. The molecule has 1 aromatic rings. The van der Waals surface area contributed by atoms with Crippen LogP contribution >= 0.6 is 0 Å². The zero-order valence-electron chi connectivity index (χ0n) is 7.54. The Morgan fingerprint density at radius 2 is 2.00 bits per heavy atom. The van der Waals surface area contributed by atoms with Crippen LogP contribution in [0.25, 0.3) is 0 Å². The van der Waals surface area contributed by atoms with Gasteiger partial charge in [0, 0.05) is 6.04 Å². The second kappa shape index (κ2) is 3.46. The molecular weight excluding hydrogens is 165 g/mol. The summed E-state index contributed by atoms with van der Waals surface area (Å²) in [5.74, 6) is 0.262. The predicted molar refractivity (Wildman–Crippen MR) is 51.0 cm³/mol. The van der Waals surface area contributed by atoms with Crippen molar-refractivity contribution in [1.82, 2.24) is 0 Å². The molecule has 1 aromatic carbocycles. The summed E-state index contributed by atoms with van der Waals surface area (Å²) in [4.78, 5) is 0. The van der Waals surface area contributed by atoms with E-state index in [4.69, 9.17) is 5.73 Å². The van der Waals surface area contributed by atoms with E-state index in [-0.39, 0.29) is 11.9 Å². The Labute approximate surface area is 77.8 Å². The average molecular weight is 179 g/mol. The van der Waals surface area contributed by atoms with Gasteiger partial charge in [0.25, 0.3) is 0 Å². The van der Waals surface area contributed by atoms with Crippen LogP contribution in [0.15, 0.2) is 24.3 Å². The van der Waals surface area contributed by atoms with Gasteiger partial charge in [-0.15, -0.1) is 0 Å². The summed E-state index contributed by atoms with van der Waals surface area (Å²) in [5, 5.41) is 0. The molecule has 0 heterocycles. The summed E-state index contributed by atoms with van der Waals surface area (Å²) >= 11 is 0. The van der Waals surface area contributed by atoms with E-state index >= 15 is 0 Å². The van der Waals surface area contributed by atoms with E-state index in [0.29, 0.717) is 5.92 Å². The third kappa shape index (κ3) is 1.73. The highest BCUT2D eigenvalue weighted by Crippen LogP contribution is 2.34. The maximum Gasteiger partial charge on any atom is 0.126 e. The third-order valence-electron chi connectivity index (χ3n) is 2.82. The van der Waals surface area contributed by atoms with Gasteiger partial charge in [0.15, 0.2) is 0 Å². The fraction of sp³-hybridized carbons (Fsp3) is 0.455. The maximum absolute atomic E-state index is 13.3. The first-order valence-corrected chi connectivity index (χ1v) is 4.77. The number of nitrogens with two attached hydrogens (primary N) is 1. The van der Waals surface area contributed by atoms with Crippen LogP contribution in [0.1, 0.15) is 30.7 Å². The highest BCUT2D eigenvalue weighted by molar-refractivity contribution is 5.23. The van der Waals surface area contributed by atoms with E-state index in [1.165, 1.54) is 6.07 Å². The quantitative estimate of drug-likeness (QED) is 0.704. The molecule has 0 spiro atoms. The SMILES string of the molecule is N[C@@H]1CC[C@@H](c2ccccc2F)C1. The first-order valence-electron chi connectivity index (χ1n) is 4.77. The third-order valence-corrected chi connectivity index (χ3v) is 2.82. The Morgan fingerprint density at radius 1 is 1.23 bits per heavy atom. The van der Waals surface area contributed by atoms with Gasteiger partial charge in [-0.05, 0) is 36.8 Å². The monoisotopic (exact) mass is 179 g/mol. The number of hydrogen-bond acceptors (Lipinski definition) is 1. The van der Waals surface area contributed by atoms with E-state index in [9.17, 15) is 4.39 Å². The molecule has 0 aromatic heterocycles. The minimum Gasteiger partial charge on any atom is -0.328 e. The van der Waals surface area contributed by atoms with Crippen molar-refractivity contribution in [2.45, 2.75) is 31.2 Å². The van der Waals surface area contributed by atoms with Crippen LogP contribution in [0.5, 0.6) is 0 Å². The van der Waals surface area contributed by atoms with Crippen LogP contribution in [0.4, 0.5) is 4.39 Å². The molecule has 1 nitrogen and oxygen atoms in total. The fourth-order valence-corrected chi connectivity index (χ4v) is 2.11. The zero-order chi connectivity index (χ0) is 9.26. The molecule has 13 heavy (non-hydrogen) atoms. The molecule has 70 valence electrons. The summed E-state index contributed by atoms with van der Waals surface area (Å²) < 4.78 is 13.3. The lowest BCUT2D eigenvalue weighted by molar-refractivity contribution is 0.576. The molecule has 2 heteroatoms. The van der Waals surface area contributed by atoms with Gasteiger partial charge >= 0.3 is 0 Å². The molecule has 0 amide bonds. The van der Waals surface area contributed by atoms with Crippen LogP contribution in [-0.2, 0) is 0 Å². The van der Waals surface area contributed by atoms with Gasteiger partial charge in [-0.25, -0.2) is 4.39 Å².